The van der Waals surface area contributed by atoms with Gasteiger partial charge in [0.05, 0.1) is 54.0 Å². The molecular weight excluding hydrogens is 839 g/mol. The Morgan fingerprint density at radius 2 is 1.71 bits per heavy atom. The fourth-order valence-electron chi connectivity index (χ4n) is 9.88. The number of ether oxygens (including phenoxy) is 2. The van der Waals surface area contributed by atoms with Crippen molar-refractivity contribution in [2.24, 2.45) is 23.9 Å². The van der Waals surface area contributed by atoms with Gasteiger partial charge < -0.3 is 34.4 Å². The van der Waals surface area contributed by atoms with Crippen LogP contribution >= 0.6 is 0 Å². The van der Waals surface area contributed by atoms with Crippen LogP contribution in [0.4, 0.5) is 31.5 Å². The summed E-state index contributed by atoms with van der Waals surface area (Å²) in [6.45, 7) is 7.75. The predicted octanol–water partition coefficient (Wildman–Crippen LogP) is 5.41. The van der Waals surface area contributed by atoms with Gasteiger partial charge in [0, 0.05) is 94.0 Å². The smallest absolute Gasteiger partial charge is 0.280 e. The highest BCUT2D eigenvalue weighted by Gasteiger charge is 2.38. The first-order valence-electron chi connectivity index (χ1n) is 22.4. The molecule has 0 radical (unpaired) electrons. The number of hydrogen-bond acceptors (Lipinski definition) is 12. The van der Waals surface area contributed by atoms with Gasteiger partial charge >= 0.3 is 0 Å². The minimum atomic E-state index is -1.08. The van der Waals surface area contributed by atoms with E-state index in [-0.39, 0.29) is 48.8 Å². The summed E-state index contributed by atoms with van der Waals surface area (Å²) in [6, 6.07) is 11.8. The summed E-state index contributed by atoms with van der Waals surface area (Å²) < 4.78 is 44.4. The predicted molar refractivity (Wildman–Crippen MR) is 240 cm³/mol. The summed E-state index contributed by atoms with van der Waals surface area (Å²) in [5, 5.41) is 9.99. The fraction of sp³-hybridized carbons (Fsp3) is 0.468. The van der Waals surface area contributed by atoms with Gasteiger partial charge in [0.2, 0.25) is 29.6 Å². The summed E-state index contributed by atoms with van der Waals surface area (Å²) >= 11 is 0. The van der Waals surface area contributed by atoms with E-state index < -0.39 is 35.3 Å². The number of benzene rings is 2. The molecule has 2 aromatic heterocycles. The lowest BCUT2D eigenvalue weighted by Crippen LogP contribution is -2.58. The molecule has 65 heavy (non-hydrogen) atoms. The molecule has 9 rings (SSSR count). The second-order valence-corrected chi connectivity index (χ2v) is 17.8. The number of piperidine rings is 2. The minimum absolute atomic E-state index is 0.0108. The summed E-state index contributed by atoms with van der Waals surface area (Å²) in [7, 11) is 3.39. The number of piperazine rings is 1. The molecule has 3 fully saturated rings. The third-order valence-corrected chi connectivity index (χ3v) is 13.3. The first-order chi connectivity index (χ1) is 31.3. The molecule has 3 saturated heterocycles. The van der Waals surface area contributed by atoms with Gasteiger partial charge in [0.15, 0.2) is 0 Å². The third kappa shape index (κ3) is 8.87. The summed E-state index contributed by atoms with van der Waals surface area (Å²) in [6.07, 6.45) is 4.74. The van der Waals surface area contributed by atoms with Crippen molar-refractivity contribution in [3.8, 4) is 17.1 Å². The largest absolute Gasteiger partial charge is 0.477 e. The quantitative estimate of drug-likeness (QED) is 0.237. The molecule has 2 bridgehead atoms. The lowest BCUT2D eigenvalue weighted by atomic mass is 9.89. The average molecular weight is 893 g/mol. The Morgan fingerprint density at radius 1 is 0.923 bits per heavy atom. The topological polar surface area (TPSA) is 167 Å². The van der Waals surface area contributed by atoms with E-state index in [2.05, 4.69) is 49.6 Å². The van der Waals surface area contributed by atoms with Crippen molar-refractivity contribution in [3.63, 3.8) is 0 Å². The number of anilines is 4. The number of amides is 4. The number of carbonyl (C=O) groups excluding carboxylic acids is 4. The summed E-state index contributed by atoms with van der Waals surface area (Å²) in [5.41, 5.74) is 5.16. The SMILES string of the molecule is COC[C@@H]1CN(c2cc(F)c([C@H]3CCC(=O)NC3=O)c(F)c2)CCN1C(=O)C1CCN(c2ccc3c(c2)N2C[C@H](C)CCCOc4c(cnn4C)-c4cc(cc(C)n4)C(=O)/N=C/2N3)CC1. The second-order valence-electron chi connectivity index (χ2n) is 17.8. The molecule has 5 aliphatic heterocycles. The summed E-state index contributed by atoms with van der Waals surface area (Å²) in [5.74, 6) is -3.19. The molecule has 342 valence electrons. The molecular formula is C47H54F2N10O6. The van der Waals surface area contributed by atoms with Gasteiger partial charge in [-0.2, -0.15) is 10.1 Å². The van der Waals surface area contributed by atoms with Gasteiger partial charge in [-0.3, -0.25) is 29.5 Å². The van der Waals surface area contributed by atoms with E-state index in [0.717, 1.165) is 35.5 Å². The molecule has 7 heterocycles. The van der Waals surface area contributed by atoms with Gasteiger partial charge in [-0.25, -0.2) is 13.5 Å². The van der Waals surface area contributed by atoms with Crippen LogP contribution in [0.1, 0.15) is 73.0 Å². The number of pyridine rings is 1. The maximum Gasteiger partial charge on any atom is 0.280 e. The number of fused-ring (bicyclic) bond motifs is 7. The Labute approximate surface area is 375 Å². The Morgan fingerprint density at radius 3 is 2.46 bits per heavy atom. The van der Waals surface area contributed by atoms with Crippen LogP contribution in [-0.4, -0.2) is 115 Å². The van der Waals surface area contributed by atoms with Crippen LogP contribution < -0.4 is 30.1 Å². The Hall–Kier alpha value is -6.43. The van der Waals surface area contributed by atoms with Crippen molar-refractivity contribution >= 4 is 52.3 Å². The van der Waals surface area contributed by atoms with E-state index >= 15 is 8.78 Å². The Bertz CT molecular complexity index is 2530. The van der Waals surface area contributed by atoms with E-state index in [1.54, 1.807) is 30.1 Å². The van der Waals surface area contributed by atoms with E-state index in [9.17, 15) is 19.2 Å². The van der Waals surface area contributed by atoms with Crippen LogP contribution in [0, 0.1) is 30.4 Å². The molecule has 18 heteroatoms. The van der Waals surface area contributed by atoms with E-state index in [4.69, 9.17) is 14.5 Å². The maximum atomic E-state index is 15.5. The molecule has 0 unspecified atom stereocenters. The molecule has 0 aliphatic carbocycles. The molecule has 4 aromatic rings. The monoisotopic (exact) mass is 892 g/mol. The average Bonchev–Trinajstić information content (AvgIpc) is 3.82. The number of nitrogens with zero attached hydrogens (tertiary/aromatic N) is 8. The molecule has 4 amide bonds. The van der Waals surface area contributed by atoms with Gasteiger partial charge in [0.25, 0.3) is 5.91 Å². The molecule has 16 nitrogen and oxygen atoms in total. The zero-order valence-electron chi connectivity index (χ0n) is 37.1. The minimum Gasteiger partial charge on any atom is -0.477 e. The number of guanidine groups is 1. The number of nitrogens with one attached hydrogen (secondary N) is 2. The molecule has 0 saturated carbocycles. The third-order valence-electron chi connectivity index (χ3n) is 13.3. The van der Waals surface area contributed by atoms with Gasteiger partial charge in [-0.05, 0) is 87.4 Å². The standard InChI is InChI=1S/C47H54F2N10O6/c1-27-6-5-17-65-46-35(23-50-55(46)3)39-19-30(18-28(2)51-39)43(61)54-47-52-38-9-7-31(22-40(38)59(47)24-27)56-13-11-29(12-14-56)45(63)58-16-15-57(25-33(58)26-64-4)32-20-36(48)42(37(49)21-32)34-8-10-41(60)53-44(34)62/h7,9,18-23,27,29,33-34H,5-6,8,10-17,24-26H2,1-4H3,(H,52,54,61)(H,53,60,62)/t27-,33+,34-/m1/s1. The van der Waals surface area contributed by atoms with E-state index in [1.807, 2.05) is 29.8 Å². The highest BCUT2D eigenvalue weighted by Crippen LogP contribution is 2.39. The van der Waals surface area contributed by atoms with Crippen molar-refractivity contribution < 1.29 is 37.4 Å². The number of halogens is 2. The van der Waals surface area contributed by atoms with Gasteiger partial charge in [-0.15, -0.1) is 0 Å². The zero-order chi connectivity index (χ0) is 45.5. The Kier molecular flexibility index (Phi) is 12.3. The van der Waals surface area contributed by atoms with Crippen molar-refractivity contribution in [3.05, 3.63) is 77.1 Å². The first kappa shape index (κ1) is 43.8. The molecule has 2 aromatic carbocycles. The number of rotatable bonds is 6. The highest BCUT2D eigenvalue weighted by molar-refractivity contribution is 6.19. The Balaban J connectivity index is 0.874. The van der Waals surface area contributed by atoms with Crippen molar-refractivity contribution in [1.82, 2.24) is 25.0 Å². The normalized spacial score (nSPS) is 22.7. The number of imide groups is 1. The van der Waals surface area contributed by atoms with Crippen molar-refractivity contribution in [1.29, 1.82) is 0 Å². The number of aryl methyl sites for hydroxylation is 2. The van der Waals surface area contributed by atoms with Crippen molar-refractivity contribution in [2.45, 2.75) is 64.3 Å². The molecule has 5 aliphatic rings. The molecule has 2 N–H and O–H groups in total. The highest BCUT2D eigenvalue weighted by atomic mass is 19.1. The molecule has 0 spiro atoms. The van der Waals surface area contributed by atoms with Crippen LogP contribution in [0.25, 0.3) is 11.3 Å². The number of carbonyl (C=O) groups is 4. The van der Waals surface area contributed by atoms with Gasteiger partial charge in [-0.1, -0.05) is 6.92 Å². The number of aromatic nitrogens is 3. The van der Waals surface area contributed by atoms with Crippen LogP contribution in [0.5, 0.6) is 5.88 Å². The maximum absolute atomic E-state index is 15.5. The first-order valence-corrected chi connectivity index (χ1v) is 22.4. The van der Waals surface area contributed by atoms with Crippen LogP contribution in [0.15, 0.2) is 53.7 Å². The second kappa shape index (κ2) is 18.2. The lowest BCUT2D eigenvalue weighted by molar-refractivity contribution is -0.140. The van der Waals surface area contributed by atoms with Gasteiger partial charge in [0.1, 0.15) is 11.6 Å². The van der Waals surface area contributed by atoms with Crippen LogP contribution in [0.3, 0.4) is 0 Å². The number of aliphatic imine (C=N–C) groups is 1. The lowest BCUT2D eigenvalue weighted by Gasteiger charge is -2.44. The summed E-state index contributed by atoms with van der Waals surface area (Å²) in [4.78, 5) is 69.6. The van der Waals surface area contributed by atoms with Crippen LogP contribution in [0.2, 0.25) is 0 Å². The zero-order valence-corrected chi connectivity index (χ0v) is 37.1. The fourth-order valence-corrected chi connectivity index (χ4v) is 9.88. The molecule has 3 atom stereocenters. The number of hydrogen-bond donors (Lipinski definition) is 2. The van der Waals surface area contributed by atoms with E-state index in [1.165, 1.54) is 12.1 Å². The van der Waals surface area contributed by atoms with E-state index in [0.29, 0.717) is 93.2 Å². The van der Waals surface area contributed by atoms with Crippen LogP contribution in [-0.2, 0) is 26.2 Å². The van der Waals surface area contributed by atoms with Crippen molar-refractivity contribution in [2.75, 3.05) is 79.6 Å². The number of methoxy groups -OCH3 is 1.